The van der Waals surface area contributed by atoms with Crippen LogP contribution in [-0.2, 0) is 46.6 Å². The standard InChI is InChI=1S/C42H61F6INO11PSi/c1-25-15-29(13-14-51)57-30(16-25)17-31-18-32(61-63(8,9)40(5,6)7)19-35(58-31)33-21-54-36(50-33)12-10-11-34-27(3)39(28(4)38(59-34)26(2)20-49)60-37(52)22-62(53,55-23-41(43,44)45)56-24-42(46,47)48/h10,12,14,20-21,27-32,34-35,38-39H,1,11,13,15-19,22-24H2,2-9H3/b12-10+,26-20+/t27-,28-,29-,30+,31+,32+,34+,35+,38-,39-/m0/s1. The molecule has 0 radical (unpaired) electrons. The molecule has 1 aromatic rings. The molecule has 0 N–H and O–H groups in total. The van der Waals surface area contributed by atoms with Gasteiger partial charge in [0.1, 0.15) is 36.6 Å². The first-order valence-corrected chi connectivity index (χ1v) is 26.8. The molecule has 0 saturated carbocycles. The van der Waals surface area contributed by atoms with Gasteiger partial charge in [-0.15, -0.1) is 0 Å². The highest BCUT2D eigenvalue weighted by molar-refractivity contribution is 14.1. The van der Waals surface area contributed by atoms with Crippen molar-refractivity contribution in [3.63, 3.8) is 0 Å². The molecule has 0 bridgehead atoms. The van der Waals surface area contributed by atoms with Crippen molar-refractivity contribution in [1.29, 1.82) is 0 Å². The Bertz CT molecular complexity index is 1800. The van der Waals surface area contributed by atoms with Crippen molar-refractivity contribution in [2.75, 3.05) is 19.4 Å². The van der Waals surface area contributed by atoms with Gasteiger partial charge in [0.2, 0.25) is 5.89 Å². The maximum atomic E-state index is 13.1. The van der Waals surface area contributed by atoms with Gasteiger partial charge in [0.25, 0.3) is 0 Å². The van der Waals surface area contributed by atoms with Gasteiger partial charge in [0.15, 0.2) is 21.5 Å². The fourth-order valence-corrected chi connectivity index (χ4v) is 10.9. The fourth-order valence-electron chi connectivity index (χ4n) is 7.79. The Morgan fingerprint density at radius 1 is 0.968 bits per heavy atom. The quantitative estimate of drug-likeness (QED) is 0.0263. The summed E-state index contributed by atoms with van der Waals surface area (Å²) in [6, 6.07) is 0. The smallest absolute Gasteiger partial charge is 0.412 e. The van der Waals surface area contributed by atoms with Gasteiger partial charge in [0, 0.05) is 31.1 Å². The SMILES string of the molecule is C=C1C[C@H](C[C@@H]2C[C@@H](O[Si](C)(C)C(C)(C)C)C[C@H](c3coc(/C=C/C[C@H]4O[C@@H](/C(C)=C/I)[C@H](C)[C@@H](OC(=O)CP(=O)(OCC(F)(F)F)OCC(F)(F)F)[C@H]4C)n3)O2)O[C@@H](CC=O)C1. The second-order valence-electron chi connectivity index (χ2n) is 18.3. The van der Waals surface area contributed by atoms with E-state index in [2.05, 4.69) is 49.5 Å². The Hall–Kier alpha value is -1.91. The lowest BCUT2D eigenvalue weighted by molar-refractivity contribution is -0.183. The van der Waals surface area contributed by atoms with E-state index in [4.69, 9.17) is 32.8 Å². The number of rotatable bonds is 18. The van der Waals surface area contributed by atoms with E-state index in [0.29, 0.717) is 44.2 Å². The van der Waals surface area contributed by atoms with E-state index in [9.17, 15) is 40.5 Å². The summed E-state index contributed by atoms with van der Waals surface area (Å²) < 4.78 is 138. The molecule has 0 aliphatic carbocycles. The molecule has 3 fully saturated rings. The van der Waals surface area contributed by atoms with Crippen molar-refractivity contribution in [3.8, 4) is 0 Å². The van der Waals surface area contributed by atoms with Crippen molar-refractivity contribution in [2.24, 2.45) is 11.8 Å². The van der Waals surface area contributed by atoms with E-state index in [1.165, 1.54) is 0 Å². The van der Waals surface area contributed by atoms with E-state index in [0.717, 1.165) is 17.4 Å². The summed E-state index contributed by atoms with van der Waals surface area (Å²) in [4.78, 5) is 29.1. The van der Waals surface area contributed by atoms with Crippen LogP contribution in [0.5, 0.6) is 0 Å². The monoisotopic (exact) mass is 1060 g/mol. The normalized spacial score (nSPS) is 29.6. The minimum absolute atomic E-state index is 0.0218. The number of oxazole rings is 1. The first kappa shape index (κ1) is 53.7. The maximum absolute atomic E-state index is 13.1. The summed E-state index contributed by atoms with van der Waals surface area (Å²) >= 11 is 2.03. The van der Waals surface area contributed by atoms with Gasteiger partial charge in [-0.3, -0.25) is 18.4 Å². The molecule has 3 saturated heterocycles. The number of carbonyl (C=O) groups is 2. The molecule has 0 aromatic carbocycles. The van der Waals surface area contributed by atoms with Gasteiger partial charge in [-0.1, -0.05) is 75.4 Å². The zero-order valence-electron chi connectivity index (χ0n) is 37.0. The predicted molar refractivity (Wildman–Crippen MR) is 233 cm³/mol. The minimum atomic E-state index is -5.25. The van der Waals surface area contributed by atoms with Crippen molar-refractivity contribution in [3.05, 3.63) is 45.7 Å². The summed E-state index contributed by atoms with van der Waals surface area (Å²) in [6.45, 7) is 16.0. The molecule has 10 atom stereocenters. The Balaban J connectivity index is 1.49. The summed E-state index contributed by atoms with van der Waals surface area (Å²) in [6.07, 6.45) is -5.37. The molecule has 3 aliphatic heterocycles. The zero-order valence-corrected chi connectivity index (χ0v) is 41.0. The molecule has 4 heterocycles. The van der Waals surface area contributed by atoms with E-state index in [-0.39, 0.29) is 41.8 Å². The van der Waals surface area contributed by atoms with Crippen molar-refractivity contribution < 1.29 is 77.3 Å². The van der Waals surface area contributed by atoms with E-state index < -0.39 is 89.9 Å². The average Bonchev–Trinajstić information content (AvgIpc) is 3.63. The van der Waals surface area contributed by atoms with Gasteiger partial charge < -0.3 is 32.6 Å². The molecule has 0 unspecified atom stereocenters. The highest BCUT2D eigenvalue weighted by atomic mass is 127. The van der Waals surface area contributed by atoms with Crippen LogP contribution in [0, 0.1) is 11.8 Å². The second kappa shape index (κ2) is 22.3. The third-order valence-electron chi connectivity index (χ3n) is 11.9. The number of nitrogens with zero attached hydrogens (tertiary/aromatic N) is 1. The first-order chi connectivity index (χ1) is 29.1. The van der Waals surface area contributed by atoms with Crippen LogP contribution in [0.15, 0.2) is 38.6 Å². The predicted octanol–water partition coefficient (Wildman–Crippen LogP) is 11.4. The van der Waals surface area contributed by atoms with E-state index >= 15 is 0 Å². The molecule has 4 rings (SSSR count). The number of halogens is 7. The van der Waals surface area contributed by atoms with Crippen molar-refractivity contribution in [1.82, 2.24) is 4.98 Å². The minimum Gasteiger partial charge on any atom is -0.461 e. The Morgan fingerprint density at radius 3 is 2.19 bits per heavy atom. The molecule has 12 nitrogen and oxygen atoms in total. The number of aromatic nitrogens is 1. The van der Waals surface area contributed by atoms with Gasteiger partial charge in [-0.2, -0.15) is 26.3 Å². The number of ether oxygens (including phenoxy) is 4. The molecule has 0 amide bonds. The lowest BCUT2D eigenvalue weighted by Crippen LogP contribution is -2.51. The third-order valence-corrected chi connectivity index (χ3v) is 19.1. The molecule has 21 heteroatoms. The topological polar surface area (TPSA) is 142 Å². The van der Waals surface area contributed by atoms with Crippen LogP contribution >= 0.6 is 30.2 Å². The largest absolute Gasteiger partial charge is 0.461 e. The van der Waals surface area contributed by atoms with Crippen LogP contribution in [0.25, 0.3) is 6.08 Å². The Labute approximate surface area is 380 Å². The summed E-state index contributed by atoms with van der Waals surface area (Å²) in [5.74, 6) is -2.15. The number of hydrogen-bond donors (Lipinski definition) is 0. The average molecular weight is 1060 g/mol. The Morgan fingerprint density at radius 2 is 1.60 bits per heavy atom. The van der Waals surface area contributed by atoms with Crippen LogP contribution in [0.4, 0.5) is 26.3 Å². The highest BCUT2D eigenvalue weighted by Crippen LogP contribution is 2.51. The van der Waals surface area contributed by atoms with Crippen LogP contribution in [0.1, 0.15) is 104 Å². The molecule has 63 heavy (non-hydrogen) atoms. The highest BCUT2D eigenvalue weighted by Gasteiger charge is 2.47. The van der Waals surface area contributed by atoms with Gasteiger partial charge in [0.05, 0.1) is 36.6 Å². The summed E-state index contributed by atoms with van der Waals surface area (Å²) in [5, 5.41) is -0.0218. The van der Waals surface area contributed by atoms with Crippen LogP contribution in [-0.4, -0.2) is 100 Å². The van der Waals surface area contributed by atoms with Crippen LogP contribution in [0.3, 0.4) is 0 Å². The molecule has 1 aromatic heterocycles. The van der Waals surface area contributed by atoms with E-state index in [1.807, 2.05) is 22.6 Å². The van der Waals surface area contributed by atoms with Gasteiger partial charge in [-0.25, -0.2) is 4.98 Å². The lowest BCUT2D eigenvalue weighted by atomic mass is 9.80. The first-order valence-electron chi connectivity index (χ1n) is 20.9. The number of alkyl halides is 6. The lowest BCUT2D eigenvalue weighted by Gasteiger charge is -2.44. The van der Waals surface area contributed by atoms with Crippen LogP contribution in [0.2, 0.25) is 18.1 Å². The second-order valence-corrected chi connectivity index (χ2v) is 25.7. The number of carbonyl (C=O) groups excluding carboxylic acids is 2. The number of aldehydes is 1. The molecular formula is C42H61F6INO11PSi. The maximum Gasteiger partial charge on any atom is 0.412 e. The number of esters is 1. The van der Waals surface area contributed by atoms with E-state index in [1.54, 1.807) is 43.3 Å². The Kier molecular flexibility index (Phi) is 19.0. The van der Waals surface area contributed by atoms with Crippen molar-refractivity contribution >= 4 is 56.8 Å². The van der Waals surface area contributed by atoms with Gasteiger partial charge >= 0.3 is 25.9 Å². The van der Waals surface area contributed by atoms with Crippen LogP contribution < -0.4 is 0 Å². The molecule has 3 aliphatic rings. The summed E-state index contributed by atoms with van der Waals surface area (Å²) in [7, 11) is -7.42. The number of hydrogen-bond acceptors (Lipinski definition) is 12. The summed E-state index contributed by atoms with van der Waals surface area (Å²) in [5.41, 5.74) is 2.40. The van der Waals surface area contributed by atoms with Crippen molar-refractivity contribution in [2.45, 2.75) is 166 Å². The fraction of sp³-hybridized carbons (Fsp3) is 0.738. The molecule has 0 spiro atoms. The zero-order chi connectivity index (χ0) is 47.1. The molecular weight excluding hydrogens is 994 g/mol. The molecule has 358 valence electrons. The third kappa shape index (κ3) is 16.4. The van der Waals surface area contributed by atoms with Gasteiger partial charge in [-0.05, 0) is 66.5 Å².